The van der Waals surface area contributed by atoms with Crippen molar-refractivity contribution in [3.8, 4) is 0 Å². The summed E-state index contributed by atoms with van der Waals surface area (Å²) in [5.74, 6) is 0.168. The highest BCUT2D eigenvalue weighted by Gasteiger charge is 2.30. The molecule has 1 aliphatic carbocycles. The molecule has 1 heterocycles. The third-order valence-corrected chi connectivity index (χ3v) is 4.32. The molecule has 2 aliphatic rings. The average molecular weight is 265 g/mol. The molecular weight excluding hydrogens is 248 g/mol. The van der Waals surface area contributed by atoms with Crippen LogP contribution in [0.5, 0.6) is 0 Å². The van der Waals surface area contributed by atoms with Gasteiger partial charge in [0.2, 0.25) is 5.91 Å². The van der Waals surface area contributed by atoms with E-state index in [2.05, 4.69) is 16.3 Å². The van der Waals surface area contributed by atoms with Crippen LogP contribution in [0.1, 0.15) is 30.0 Å². The number of benzene rings is 1. The zero-order chi connectivity index (χ0) is 12.5. The van der Waals surface area contributed by atoms with Gasteiger partial charge in [0.1, 0.15) is 0 Å². The Morgan fingerprint density at radius 2 is 2.17 bits per heavy atom. The number of amides is 1. The van der Waals surface area contributed by atoms with Crippen LogP contribution in [0.25, 0.3) is 0 Å². The summed E-state index contributed by atoms with van der Waals surface area (Å²) in [5.41, 5.74) is 2.66. The first-order valence-corrected chi connectivity index (χ1v) is 6.91. The third-order valence-electron chi connectivity index (χ3n) is 3.97. The highest BCUT2D eigenvalue weighted by molar-refractivity contribution is 6.31. The maximum atomic E-state index is 11.4. The van der Waals surface area contributed by atoms with E-state index >= 15 is 0 Å². The number of nitrogens with zero attached hydrogens (tertiary/aromatic N) is 1. The molecule has 18 heavy (non-hydrogen) atoms. The van der Waals surface area contributed by atoms with Crippen molar-refractivity contribution in [2.75, 3.05) is 19.6 Å². The second-order valence-electron chi connectivity index (χ2n) is 5.00. The minimum absolute atomic E-state index is 0.168. The number of carbonyl (C=O) groups is 1. The van der Waals surface area contributed by atoms with Gasteiger partial charge in [0.05, 0.1) is 0 Å². The number of hydrogen-bond donors (Lipinski definition) is 1. The Morgan fingerprint density at radius 3 is 3.06 bits per heavy atom. The minimum atomic E-state index is 0.168. The predicted octanol–water partition coefficient (Wildman–Crippen LogP) is 2.15. The molecular formula is C14H17ClN2O. The highest BCUT2D eigenvalue weighted by Crippen LogP contribution is 2.39. The standard InChI is InChI=1S/C14H17ClN2O/c15-12-3-1-2-11-10(12)4-5-13(11)17-8-6-14(18)16-7-9-17/h1-3,13H,4-9H2,(H,16,18). The molecule has 0 radical (unpaired) electrons. The monoisotopic (exact) mass is 264 g/mol. The molecule has 1 unspecified atom stereocenters. The first-order valence-electron chi connectivity index (χ1n) is 6.54. The number of hydrogen-bond acceptors (Lipinski definition) is 2. The largest absolute Gasteiger partial charge is 0.355 e. The van der Waals surface area contributed by atoms with Crippen molar-refractivity contribution in [2.24, 2.45) is 0 Å². The molecule has 3 rings (SSSR count). The van der Waals surface area contributed by atoms with Crippen LogP contribution in [0, 0.1) is 0 Å². The maximum Gasteiger partial charge on any atom is 0.221 e. The molecule has 0 saturated carbocycles. The maximum absolute atomic E-state index is 11.4. The molecule has 4 heteroatoms. The molecule has 1 saturated heterocycles. The van der Waals surface area contributed by atoms with E-state index < -0.39 is 0 Å². The van der Waals surface area contributed by atoms with Crippen LogP contribution < -0.4 is 5.32 Å². The van der Waals surface area contributed by atoms with E-state index in [4.69, 9.17) is 11.6 Å². The number of halogens is 1. The molecule has 1 aromatic rings. The van der Waals surface area contributed by atoms with Crippen molar-refractivity contribution in [3.05, 3.63) is 34.3 Å². The van der Waals surface area contributed by atoms with Gasteiger partial charge in [0.15, 0.2) is 0 Å². The minimum Gasteiger partial charge on any atom is -0.355 e. The molecule has 1 aliphatic heterocycles. The second-order valence-corrected chi connectivity index (χ2v) is 5.41. The Hall–Kier alpha value is -1.06. The highest BCUT2D eigenvalue weighted by atomic mass is 35.5. The summed E-state index contributed by atoms with van der Waals surface area (Å²) in [5, 5.41) is 3.81. The summed E-state index contributed by atoms with van der Waals surface area (Å²) >= 11 is 6.24. The smallest absolute Gasteiger partial charge is 0.221 e. The Bertz CT molecular complexity index is 475. The lowest BCUT2D eigenvalue weighted by molar-refractivity contribution is -0.120. The molecule has 0 bridgehead atoms. The molecule has 96 valence electrons. The fourth-order valence-electron chi connectivity index (χ4n) is 3.06. The summed E-state index contributed by atoms with van der Waals surface area (Å²) in [6.45, 7) is 2.54. The van der Waals surface area contributed by atoms with Crippen molar-refractivity contribution in [3.63, 3.8) is 0 Å². The van der Waals surface area contributed by atoms with E-state index in [9.17, 15) is 4.79 Å². The van der Waals surface area contributed by atoms with E-state index in [1.54, 1.807) is 0 Å². The molecule has 1 fully saturated rings. The lowest BCUT2D eigenvalue weighted by Gasteiger charge is -2.27. The van der Waals surface area contributed by atoms with Gasteiger partial charge in [-0.15, -0.1) is 0 Å². The predicted molar refractivity (Wildman–Crippen MR) is 71.7 cm³/mol. The van der Waals surface area contributed by atoms with Crippen LogP contribution in [-0.2, 0) is 11.2 Å². The van der Waals surface area contributed by atoms with Crippen LogP contribution in [-0.4, -0.2) is 30.4 Å². The fourth-order valence-corrected chi connectivity index (χ4v) is 3.34. The number of fused-ring (bicyclic) bond motifs is 1. The normalized spacial score (nSPS) is 24.5. The number of rotatable bonds is 1. The topological polar surface area (TPSA) is 32.3 Å². The van der Waals surface area contributed by atoms with Gasteiger partial charge in [0, 0.05) is 37.1 Å². The van der Waals surface area contributed by atoms with Gasteiger partial charge in [-0.2, -0.15) is 0 Å². The van der Waals surface area contributed by atoms with Gasteiger partial charge in [-0.25, -0.2) is 0 Å². The van der Waals surface area contributed by atoms with Crippen molar-refractivity contribution in [1.29, 1.82) is 0 Å². The Balaban J connectivity index is 1.83. The summed E-state index contributed by atoms with van der Waals surface area (Å²) < 4.78 is 0. The van der Waals surface area contributed by atoms with Gasteiger partial charge in [-0.05, 0) is 30.0 Å². The lowest BCUT2D eigenvalue weighted by Crippen LogP contribution is -2.31. The second kappa shape index (κ2) is 4.90. The van der Waals surface area contributed by atoms with Crippen molar-refractivity contribution < 1.29 is 4.79 Å². The fraction of sp³-hybridized carbons (Fsp3) is 0.500. The average Bonchev–Trinajstić information content (AvgIpc) is 2.68. The molecule has 1 amide bonds. The van der Waals surface area contributed by atoms with Crippen LogP contribution in [0.2, 0.25) is 5.02 Å². The Morgan fingerprint density at radius 1 is 1.28 bits per heavy atom. The Labute approximate surface area is 112 Å². The van der Waals surface area contributed by atoms with E-state index in [1.807, 2.05) is 12.1 Å². The molecule has 0 spiro atoms. The molecule has 1 N–H and O–H groups in total. The zero-order valence-electron chi connectivity index (χ0n) is 10.3. The van der Waals surface area contributed by atoms with Gasteiger partial charge in [-0.1, -0.05) is 23.7 Å². The van der Waals surface area contributed by atoms with Gasteiger partial charge >= 0.3 is 0 Å². The van der Waals surface area contributed by atoms with E-state index in [-0.39, 0.29) is 5.91 Å². The third kappa shape index (κ3) is 2.13. The molecule has 1 atom stereocenters. The Kier molecular flexibility index (Phi) is 3.27. The van der Waals surface area contributed by atoms with Crippen LogP contribution in [0.15, 0.2) is 18.2 Å². The SMILES string of the molecule is O=C1CCN(C2CCc3c(Cl)cccc32)CCN1. The molecule has 1 aromatic carbocycles. The quantitative estimate of drug-likeness (QED) is 0.843. The van der Waals surface area contributed by atoms with Gasteiger partial charge in [0.25, 0.3) is 0 Å². The first kappa shape index (κ1) is 12.0. The van der Waals surface area contributed by atoms with E-state index in [1.165, 1.54) is 11.1 Å². The van der Waals surface area contributed by atoms with Crippen molar-refractivity contribution in [1.82, 2.24) is 10.2 Å². The summed E-state index contributed by atoms with van der Waals surface area (Å²) in [6, 6.07) is 6.61. The zero-order valence-corrected chi connectivity index (χ0v) is 11.0. The van der Waals surface area contributed by atoms with Crippen LogP contribution in [0.4, 0.5) is 0 Å². The van der Waals surface area contributed by atoms with Gasteiger partial charge in [-0.3, -0.25) is 9.69 Å². The van der Waals surface area contributed by atoms with E-state index in [0.717, 1.165) is 37.5 Å². The first-order chi connectivity index (χ1) is 8.75. The molecule has 0 aromatic heterocycles. The van der Waals surface area contributed by atoms with E-state index in [0.29, 0.717) is 12.5 Å². The van der Waals surface area contributed by atoms with Crippen molar-refractivity contribution >= 4 is 17.5 Å². The number of nitrogens with one attached hydrogen (secondary N) is 1. The number of carbonyl (C=O) groups excluding carboxylic acids is 1. The van der Waals surface area contributed by atoms with Gasteiger partial charge < -0.3 is 5.32 Å². The van der Waals surface area contributed by atoms with Crippen LogP contribution in [0.3, 0.4) is 0 Å². The lowest BCUT2D eigenvalue weighted by atomic mass is 10.1. The summed E-state index contributed by atoms with van der Waals surface area (Å²) in [6.07, 6.45) is 2.78. The van der Waals surface area contributed by atoms with Crippen LogP contribution >= 0.6 is 11.6 Å². The summed E-state index contributed by atoms with van der Waals surface area (Å²) in [4.78, 5) is 13.8. The summed E-state index contributed by atoms with van der Waals surface area (Å²) in [7, 11) is 0. The van der Waals surface area contributed by atoms with Crippen molar-refractivity contribution in [2.45, 2.75) is 25.3 Å². The molecule has 3 nitrogen and oxygen atoms in total.